The van der Waals surface area contributed by atoms with Crippen molar-refractivity contribution in [2.24, 2.45) is 0 Å². The molecule has 3 heteroatoms. The molecular weight excluding hydrogens is 238 g/mol. The van der Waals surface area contributed by atoms with Crippen LogP contribution in [0.3, 0.4) is 0 Å². The third kappa shape index (κ3) is 2.50. The molecule has 1 unspecified atom stereocenters. The Labute approximate surface area is 113 Å². The third-order valence-corrected chi connectivity index (χ3v) is 3.69. The van der Waals surface area contributed by atoms with Crippen molar-refractivity contribution in [1.29, 1.82) is 0 Å². The molecule has 0 bridgehead atoms. The van der Waals surface area contributed by atoms with E-state index in [0.29, 0.717) is 13.2 Å². The maximum Gasteiger partial charge on any atom is 0.0900 e. The molecular formula is C16H19NO2. The summed E-state index contributed by atoms with van der Waals surface area (Å²) in [6, 6.07) is 12.9. The Morgan fingerprint density at radius 2 is 1.79 bits per heavy atom. The first kappa shape index (κ1) is 12.6. The van der Waals surface area contributed by atoms with Crippen molar-refractivity contribution >= 4 is 10.8 Å². The van der Waals surface area contributed by atoms with E-state index in [4.69, 9.17) is 4.74 Å². The van der Waals surface area contributed by atoms with E-state index in [1.54, 1.807) is 7.11 Å². The van der Waals surface area contributed by atoms with Crippen molar-refractivity contribution in [2.75, 3.05) is 20.3 Å². The molecule has 0 saturated carbocycles. The molecule has 3 nitrogen and oxygen atoms in total. The number of aliphatic hydroxyl groups excluding tert-OH is 1. The van der Waals surface area contributed by atoms with Gasteiger partial charge in [-0.2, -0.15) is 0 Å². The highest BCUT2D eigenvalue weighted by molar-refractivity contribution is 5.89. The first-order valence-corrected chi connectivity index (χ1v) is 6.67. The molecule has 0 radical (unpaired) electrons. The summed E-state index contributed by atoms with van der Waals surface area (Å²) in [5.74, 6) is 0. The topological polar surface area (TPSA) is 32.7 Å². The van der Waals surface area contributed by atoms with Gasteiger partial charge in [-0.15, -0.1) is 0 Å². The zero-order valence-electron chi connectivity index (χ0n) is 11.2. The molecule has 0 fully saturated rings. The molecule has 0 aliphatic carbocycles. The van der Waals surface area contributed by atoms with Crippen molar-refractivity contribution in [1.82, 2.24) is 4.90 Å². The second-order valence-corrected chi connectivity index (χ2v) is 5.21. The lowest BCUT2D eigenvalue weighted by atomic mass is 9.95. The van der Waals surface area contributed by atoms with Crippen molar-refractivity contribution in [3.05, 3.63) is 47.5 Å². The Morgan fingerprint density at radius 1 is 1.16 bits per heavy atom. The van der Waals surface area contributed by atoms with E-state index in [0.717, 1.165) is 13.1 Å². The minimum Gasteiger partial charge on any atom is -0.389 e. The van der Waals surface area contributed by atoms with Gasteiger partial charge in [0.05, 0.1) is 12.7 Å². The fourth-order valence-electron chi connectivity index (χ4n) is 2.98. The lowest BCUT2D eigenvalue weighted by Gasteiger charge is -2.30. The molecule has 3 rings (SSSR count). The largest absolute Gasteiger partial charge is 0.389 e. The lowest BCUT2D eigenvalue weighted by molar-refractivity contribution is 0.0333. The Bertz CT molecular complexity index is 541. The summed E-state index contributed by atoms with van der Waals surface area (Å²) in [5.41, 5.74) is 2.70. The first-order valence-electron chi connectivity index (χ1n) is 6.67. The molecule has 0 amide bonds. The fourth-order valence-corrected chi connectivity index (χ4v) is 2.98. The van der Waals surface area contributed by atoms with Gasteiger partial charge in [0, 0.05) is 26.7 Å². The quantitative estimate of drug-likeness (QED) is 0.911. The Balaban J connectivity index is 1.86. The van der Waals surface area contributed by atoms with Gasteiger partial charge in [-0.25, -0.2) is 0 Å². The van der Waals surface area contributed by atoms with Gasteiger partial charge in [-0.3, -0.25) is 4.90 Å². The van der Waals surface area contributed by atoms with Gasteiger partial charge in [0.2, 0.25) is 0 Å². The molecule has 1 aliphatic rings. The van der Waals surface area contributed by atoms with Crippen molar-refractivity contribution in [3.63, 3.8) is 0 Å². The van der Waals surface area contributed by atoms with Crippen LogP contribution in [0.25, 0.3) is 10.8 Å². The smallest absolute Gasteiger partial charge is 0.0900 e. The van der Waals surface area contributed by atoms with E-state index in [9.17, 15) is 5.11 Å². The normalized spacial score (nSPS) is 16.7. The van der Waals surface area contributed by atoms with Crippen LogP contribution in [0.15, 0.2) is 36.4 Å². The van der Waals surface area contributed by atoms with Crippen LogP contribution in [0.2, 0.25) is 0 Å². The molecule has 0 aromatic heterocycles. The van der Waals surface area contributed by atoms with Gasteiger partial charge in [0.25, 0.3) is 0 Å². The molecule has 100 valence electrons. The van der Waals surface area contributed by atoms with Crippen LogP contribution in [0.5, 0.6) is 0 Å². The van der Waals surface area contributed by atoms with E-state index < -0.39 is 6.10 Å². The second kappa shape index (κ2) is 5.29. The van der Waals surface area contributed by atoms with Crippen LogP contribution in [0.4, 0.5) is 0 Å². The number of aliphatic hydroxyl groups is 1. The fraction of sp³-hybridized carbons (Fsp3) is 0.375. The summed E-state index contributed by atoms with van der Waals surface area (Å²) in [7, 11) is 1.62. The monoisotopic (exact) mass is 257 g/mol. The SMILES string of the molecule is COCC(O)CN1Cc2cccc3cccc(c23)C1. The molecule has 0 spiro atoms. The predicted octanol–water partition coefficient (Wildman–Crippen LogP) is 2.16. The van der Waals surface area contributed by atoms with Gasteiger partial charge in [-0.05, 0) is 21.9 Å². The zero-order valence-corrected chi connectivity index (χ0v) is 11.2. The molecule has 1 heterocycles. The molecule has 1 N–H and O–H groups in total. The van der Waals surface area contributed by atoms with Crippen LogP contribution >= 0.6 is 0 Å². The molecule has 1 aliphatic heterocycles. The Morgan fingerprint density at radius 3 is 2.37 bits per heavy atom. The second-order valence-electron chi connectivity index (χ2n) is 5.21. The maximum absolute atomic E-state index is 9.88. The summed E-state index contributed by atoms with van der Waals surface area (Å²) in [6.45, 7) is 2.84. The molecule has 2 aromatic rings. The van der Waals surface area contributed by atoms with Crippen LogP contribution in [-0.2, 0) is 17.8 Å². The number of methoxy groups -OCH3 is 1. The Kier molecular flexibility index (Phi) is 3.51. The highest BCUT2D eigenvalue weighted by atomic mass is 16.5. The van der Waals surface area contributed by atoms with Crippen LogP contribution in [0.1, 0.15) is 11.1 Å². The van der Waals surface area contributed by atoms with Crippen molar-refractivity contribution < 1.29 is 9.84 Å². The summed E-state index contributed by atoms with van der Waals surface area (Å²) in [6.07, 6.45) is -0.422. The first-order chi connectivity index (χ1) is 9.28. The van der Waals surface area contributed by atoms with Gasteiger partial charge in [-0.1, -0.05) is 36.4 Å². The molecule has 19 heavy (non-hydrogen) atoms. The number of nitrogens with zero attached hydrogens (tertiary/aromatic N) is 1. The number of benzene rings is 2. The predicted molar refractivity (Wildman–Crippen MR) is 75.9 cm³/mol. The lowest BCUT2D eigenvalue weighted by Crippen LogP contribution is -2.35. The van der Waals surface area contributed by atoms with Crippen LogP contribution in [-0.4, -0.2) is 36.4 Å². The number of ether oxygens (including phenoxy) is 1. The van der Waals surface area contributed by atoms with E-state index in [2.05, 4.69) is 41.3 Å². The maximum atomic E-state index is 9.88. The molecule has 2 aromatic carbocycles. The van der Waals surface area contributed by atoms with E-state index in [1.165, 1.54) is 21.9 Å². The van der Waals surface area contributed by atoms with Gasteiger partial charge in [0.1, 0.15) is 0 Å². The van der Waals surface area contributed by atoms with Gasteiger partial charge in [0.15, 0.2) is 0 Å². The standard InChI is InChI=1S/C16H19NO2/c1-19-11-15(18)10-17-8-13-6-2-4-12-5-3-7-14(9-17)16(12)13/h2-7,15,18H,8-11H2,1H3. The van der Waals surface area contributed by atoms with Crippen molar-refractivity contribution in [2.45, 2.75) is 19.2 Å². The number of hydrogen-bond acceptors (Lipinski definition) is 3. The minimum atomic E-state index is -0.422. The van der Waals surface area contributed by atoms with E-state index >= 15 is 0 Å². The summed E-state index contributed by atoms with van der Waals surface area (Å²) in [5, 5.41) is 12.6. The highest BCUT2D eigenvalue weighted by Gasteiger charge is 2.20. The van der Waals surface area contributed by atoms with E-state index in [-0.39, 0.29) is 0 Å². The highest BCUT2D eigenvalue weighted by Crippen LogP contribution is 2.29. The molecule has 1 atom stereocenters. The average Bonchev–Trinajstić information content (AvgIpc) is 2.39. The summed E-state index contributed by atoms with van der Waals surface area (Å²) in [4.78, 5) is 2.28. The zero-order chi connectivity index (χ0) is 13.2. The van der Waals surface area contributed by atoms with E-state index in [1.807, 2.05) is 0 Å². The number of rotatable bonds is 4. The summed E-state index contributed by atoms with van der Waals surface area (Å²) < 4.78 is 5.00. The van der Waals surface area contributed by atoms with Crippen LogP contribution < -0.4 is 0 Å². The van der Waals surface area contributed by atoms with Crippen molar-refractivity contribution in [3.8, 4) is 0 Å². The third-order valence-electron chi connectivity index (χ3n) is 3.69. The average molecular weight is 257 g/mol. The minimum absolute atomic E-state index is 0.391. The van der Waals surface area contributed by atoms with Gasteiger partial charge >= 0.3 is 0 Å². The van der Waals surface area contributed by atoms with Crippen LogP contribution in [0, 0.1) is 0 Å². The molecule has 0 saturated heterocycles. The number of hydrogen-bond donors (Lipinski definition) is 1. The van der Waals surface area contributed by atoms with Gasteiger partial charge < -0.3 is 9.84 Å². The summed E-state index contributed by atoms with van der Waals surface area (Å²) >= 11 is 0. The number of β-amino-alcohol motifs (C(OH)–C–C–N with tert-alkyl or cyclic N) is 1. The Hall–Kier alpha value is -1.42.